The van der Waals surface area contributed by atoms with Gasteiger partial charge in [-0.05, 0) is 91.7 Å². The van der Waals surface area contributed by atoms with Crippen molar-refractivity contribution >= 4 is 5.69 Å². The number of hydrogen-bond acceptors (Lipinski definition) is 4. The number of nitrogens with one attached hydrogen (secondary N) is 1. The van der Waals surface area contributed by atoms with Crippen molar-refractivity contribution in [1.29, 1.82) is 0 Å². The lowest BCUT2D eigenvalue weighted by molar-refractivity contribution is 0.399. The fourth-order valence-electron chi connectivity index (χ4n) is 4.77. The Kier molecular flexibility index (Phi) is 5.94. The molecule has 33 heavy (non-hydrogen) atoms. The maximum absolute atomic E-state index is 14.1. The van der Waals surface area contributed by atoms with Gasteiger partial charge in [-0.1, -0.05) is 18.2 Å². The molecule has 1 aliphatic heterocycles. The molecule has 3 N–H and O–H groups in total. The van der Waals surface area contributed by atoms with Crippen molar-refractivity contribution in [1.82, 2.24) is 5.32 Å². The third kappa shape index (κ3) is 4.67. The molecule has 0 radical (unpaired) electrons. The van der Waals surface area contributed by atoms with E-state index in [1.165, 1.54) is 12.1 Å². The van der Waals surface area contributed by atoms with E-state index in [4.69, 9.17) is 0 Å². The Balaban J connectivity index is 1.47. The molecule has 3 aromatic carbocycles. The fraction of sp³-hybridized carbons (Fsp3) is 0.333. The minimum atomic E-state index is -0.843. The smallest absolute Gasteiger partial charge is 0.160 e. The van der Waals surface area contributed by atoms with Crippen molar-refractivity contribution < 1.29 is 19.0 Å². The van der Waals surface area contributed by atoms with Crippen molar-refractivity contribution in [3.63, 3.8) is 0 Å². The van der Waals surface area contributed by atoms with E-state index >= 15 is 0 Å². The number of aromatic hydroxyl groups is 2. The summed E-state index contributed by atoms with van der Waals surface area (Å²) in [6.45, 7) is 2.34. The van der Waals surface area contributed by atoms with E-state index < -0.39 is 11.6 Å². The van der Waals surface area contributed by atoms with Gasteiger partial charge in [0.25, 0.3) is 0 Å². The highest BCUT2D eigenvalue weighted by Gasteiger charge is 2.28. The van der Waals surface area contributed by atoms with Gasteiger partial charge in [-0.2, -0.15) is 0 Å². The third-order valence-corrected chi connectivity index (χ3v) is 6.73. The SMILES string of the molecule is Oc1cc(-c2cccc(CN(c3ccc(F)c(F)c3)C3CCNCC3)c2)cc(C2CC2)c1O. The van der Waals surface area contributed by atoms with Crippen LogP contribution in [0.5, 0.6) is 11.5 Å². The lowest BCUT2D eigenvalue weighted by atomic mass is 9.97. The Morgan fingerprint density at radius 2 is 1.64 bits per heavy atom. The maximum Gasteiger partial charge on any atom is 0.160 e. The Morgan fingerprint density at radius 1 is 0.848 bits per heavy atom. The summed E-state index contributed by atoms with van der Waals surface area (Å²) in [4.78, 5) is 2.16. The van der Waals surface area contributed by atoms with E-state index in [1.807, 2.05) is 24.3 Å². The standard InChI is InChI=1S/C27H28F2N2O2/c28-24-7-6-22(15-25(24)29)31(21-8-10-30-11-9-21)16-17-2-1-3-19(12-17)20-13-23(18-4-5-18)27(33)26(32)14-20/h1-3,6-7,12-15,18,21,30,32-33H,4-5,8-11,16H2. The molecule has 1 saturated carbocycles. The molecule has 1 saturated heterocycles. The summed E-state index contributed by atoms with van der Waals surface area (Å²) in [7, 11) is 0. The molecule has 2 aliphatic rings. The average molecular weight is 451 g/mol. The topological polar surface area (TPSA) is 55.7 Å². The van der Waals surface area contributed by atoms with Crippen LogP contribution >= 0.6 is 0 Å². The third-order valence-electron chi connectivity index (χ3n) is 6.73. The van der Waals surface area contributed by atoms with Gasteiger partial charge >= 0.3 is 0 Å². The maximum atomic E-state index is 14.1. The second-order valence-corrected chi connectivity index (χ2v) is 9.12. The largest absolute Gasteiger partial charge is 0.504 e. The first-order chi connectivity index (χ1) is 16.0. The van der Waals surface area contributed by atoms with Crippen LogP contribution in [0, 0.1) is 11.6 Å². The zero-order chi connectivity index (χ0) is 22.9. The number of halogens is 2. The Morgan fingerprint density at radius 3 is 2.36 bits per heavy atom. The van der Waals surface area contributed by atoms with Crippen LogP contribution in [0.2, 0.25) is 0 Å². The molecule has 172 valence electrons. The van der Waals surface area contributed by atoms with E-state index in [0.717, 1.165) is 61.0 Å². The molecule has 3 aromatic rings. The lowest BCUT2D eigenvalue weighted by Crippen LogP contribution is -2.43. The quantitative estimate of drug-likeness (QED) is 0.423. The fourth-order valence-corrected chi connectivity index (χ4v) is 4.77. The van der Waals surface area contributed by atoms with Crippen molar-refractivity contribution in [2.45, 2.75) is 44.2 Å². The van der Waals surface area contributed by atoms with Gasteiger partial charge in [0.05, 0.1) is 0 Å². The molecule has 0 unspecified atom stereocenters. The van der Waals surface area contributed by atoms with E-state index in [-0.39, 0.29) is 17.5 Å². The minimum Gasteiger partial charge on any atom is -0.504 e. The van der Waals surface area contributed by atoms with E-state index in [9.17, 15) is 19.0 Å². The molecule has 0 spiro atoms. The van der Waals surface area contributed by atoms with Crippen LogP contribution < -0.4 is 10.2 Å². The zero-order valence-corrected chi connectivity index (χ0v) is 18.4. The summed E-state index contributed by atoms with van der Waals surface area (Å²) in [5.74, 6) is -1.49. The summed E-state index contributed by atoms with van der Waals surface area (Å²) in [5.41, 5.74) is 4.31. The Hall–Kier alpha value is -3.12. The summed E-state index contributed by atoms with van der Waals surface area (Å²) >= 11 is 0. The van der Waals surface area contributed by atoms with Crippen molar-refractivity contribution in [2.24, 2.45) is 0 Å². The highest BCUT2D eigenvalue weighted by molar-refractivity contribution is 5.70. The van der Waals surface area contributed by atoms with Gasteiger partial charge < -0.3 is 20.4 Å². The predicted molar refractivity (Wildman–Crippen MR) is 126 cm³/mol. The zero-order valence-electron chi connectivity index (χ0n) is 18.4. The van der Waals surface area contributed by atoms with Crippen LogP contribution in [0.4, 0.5) is 14.5 Å². The van der Waals surface area contributed by atoms with Gasteiger partial charge in [-0.25, -0.2) is 8.78 Å². The van der Waals surface area contributed by atoms with E-state index in [1.54, 1.807) is 12.1 Å². The number of phenolic OH excluding ortho intramolecular Hbond substituents is 2. The summed E-state index contributed by atoms with van der Waals surface area (Å²) in [6.07, 6.45) is 3.90. The van der Waals surface area contributed by atoms with Gasteiger partial charge in [0, 0.05) is 29.9 Å². The molecule has 1 aliphatic carbocycles. The van der Waals surface area contributed by atoms with Crippen LogP contribution in [0.1, 0.15) is 42.7 Å². The highest BCUT2D eigenvalue weighted by Crippen LogP contribution is 2.48. The Labute approximate surface area is 192 Å². The summed E-state index contributed by atoms with van der Waals surface area (Å²) in [5, 5.41) is 23.9. The highest BCUT2D eigenvalue weighted by atomic mass is 19.2. The first-order valence-corrected chi connectivity index (χ1v) is 11.6. The van der Waals surface area contributed by atoms with Crippen LogP contribution in [0.3, 0.4) is 0 Å². The molecule has 0 atom stereocenters. The first kappa shape index (κ1) is 21.7. The molecule has 6 heteroatoms. The molecule has 0 bridgehead atoms. The average Bonchev–Trinajstić information content (AvgIpc) is 3.67. The number of hydrogen-bond donors (Lipinski definition) is 3. The van der Waals surface area contributed by atoms with E-state index in [2.05, 4.69) is 16.3 Å². The predicted octanol–water partition coefficient (Wildman–Crippen LogP) is 5.68. The second-order valence-electron chi connectivity index (χ2n) is 9.12. The van der Waals surface area contributed by atoms with Gasteiger partial charge in [-0.3, -0.25) is 0 Å². The van der Waals surface area contributed by atoms with Crippen molar-refractivity contribution in [3.05, 3.63) is 77.4 Å². The number of piperidine rings is 1. The summed E-state index contributed by atoms with van der Waals surface area (Å²) in [6, 6.07) is 15.9. The normalized spacial score (nSPS) is 16.7. The summed E-state index contributed by atoms with van der Waals surface area (Å²) < 4.78 is 27.6. The van der Waals surface area contributed by atoms with E-state index in [0.29, 0.717) is 18.2 Å². The number of benzene rings is 3. The molecule has 0 aromatic heterocycles. The molecule has 1 heterocycles. The van der Waals surface area contributed by atoms with Crippen molar-refractivity contribution in [2.75, 3.05) is 18.0 Å². The van der Waals surface area contributed by atoms with Crippen LogP contribution in [0.25, 0.3) is 11.1 Å². The van der Waals surface area contributed by atoms with Crippen molar-refractivity contribution in [3.8, 4) is 22.6 Å². The van der Waals surface area contributed by atoms with Crippen LogP contribution in [-0.4, -0.2) is 29.3 Å². The monoisotopic (exact) mass is 450 g/mol. The number of rotatable bonds is 6. The molecule has 0 amide bonds. The molecular weight excluding hydrogens is 422 g/mol. The first-order valence-electron chi connectivity index (χ1n) is 11.6. The molecule has 4 nitrogen and oxygen atoms in total. The van der Waals surface area contributed by atoms with Gasteiger partial charge in [0.15, 0.2) is 23.1 Å². The molecule has 2 fully saturated rings. The molecule has 5 rings (SSSR count). The second kappa shape index (κ2) is 9.02. The van der Waals surface area contributed by atoms with Gasteiger partial charge in [0.2, 0.25) is 0 Å². The minimum absolute atomic E-state index is 0.0205. The van der Waals surface area contributed by atoms with Crippen LogP contribution in [-0.2, 0) is 6.54 Å². The lowest BCUT2D eigenvalue weighted by Gasteiger charge is -2.36. The van der Waals surface area contributed by atoms with Gasteiger partial charge in [0.1, 0.15) is 0 Å². The number of nitrogens with zero attached hydrogens (tertiary/aromatic N) is 1. The van der Waals surface area contributed by atoms with Crippen LogP contribution in [0.15, 0.2) is 54.6 Å². The molecular formula is C27H28F2N2O2. The Bertz CT molecular complexity index is 1160. The van der Waals surface area contributed by atoms with Gasteiger partial charge in [-0.15, -0.1) is 0 Å². The number of anilines is 1. The number of phenols is 2.